The van der Waals surface area contributed by atoms with Gasteiger partial charge >= 0.3 is 0 Å². The largest absolute Gasteiger partial charge is 0.350 e. The molecule has 7 heteroatoms. The first-order chi connectivity index (χ1) is 13.1. The zero-order valence-electron chi connectivity index (χ0n) is 17.4. The molecule has 0 bridgehead atoms. The van der Waals surface area contributed by atoms with Gasteiger partial charge in [0, 0.05) is 37.3 Å². The zero-order chi connectivity index (χ0) is 20.5. The third-order valence-corrected chi connectivity index (χ3v) is 7.77. The second-order valence-corrected chi connectivity index (χ2v) is 11.2. The van der Waals surface area contributed by atoms with E-state index in [4.69, 9.17) is 0 Å². The van der Waals surface area contributed by atoms with Gasteiger partial charge in [-0.25, -0.2) is 8.42 Å². The predicted molar refractivity (Wildman–Crippen MR) is 113 cm³/mol. The van der Waals surface area contributed by atoms with Gasteiger partial charge in [-0.2, -0.15) is 0 Å². The van der Waals surface area contributed by atoms with Gasteiger partial charge in [-0.1, -0.05) is 19.9 Å². The lowest BCUT2D eigenvalue weighted by atomic mass is 9.88. The highest BCUT2D eigenvalue weighted by atomic mass is 32.2. The van der Waals surface area contributed by atoms with Crippen LogP contribution < -0.4 is 9.62 Å². The number of likely N-dealkylation sites (tertiary alicyclic amines) is 1. The van der Waals surface area contributed by atoms with Gasteiger partial charge in [-0.3, -0.25) is 14.0 Å². The molecule has 156 valence electrons. The Kier molecular flexibility index (Phi) is 6.05. The van der Waals surface area contributed by atoms with Gasteiger partial charge in [0.15, 0.2) is 0 Å². The van der Waals surface area contributed by atoms with E-state index >= 15 is 0 Å². The van der Waals surface area contributed by atoms with Crippen molar-refractivity contribution in [3.8, 4) is 0 Å². The summed E-state index contributed by atoms with van der Waals surface area (Å²) in [7, 11) is -3.25. The average molecular weight is 408 g/mol. The van der Waals surface area contributed by atoms with E-state index in [1.165, 1.54) is 10.7 Å². The van der Waals surface area contributed by atoms with Gasteiger partial charge in [0.1, 0.15) is 0 Å². The minimum atomic E-state index is -3.25. The summed E-state index contributed by atoms with van der Waals surface area (Å²) >= 11 is 0. The van der Waals surface area contributed by atoms with Crippen LogP contribution in [0.15, 0.2) is 24.3 Å². The lowest BCUT2D eigenvalue weighted by Crippen LogP contribution is -2.56. The van der Waals surface area contributed by atoms with Crippen molar-refractivity contribution < 1.29 is 13.2 Å². The van der Waals surface area contributed by atoms with Crippen LogP contribution in [-0.4, -0.2) is 56.7 Å². The highest BCUT2D eigenvalue weighted by Crippen LogP contribution is 2.27. The number of piperidine rings is 1. The van der Waals surface area contributed by atoms with E-state index in [2.05, 4.69) is 37.9 Å². The Labute approximate surface area is 169 Å². The van der Waals surface area contributed by atoms with E-state index in [0.29, 0.717) is 42.6 Å². The van der Waals surface area contributed by atoms with Crippen molar-refractivity contribution in [2.75, 3.05) is 36.2 Å². The Balaban J connectivity index is 1.66. The Hall–Kier alpha value is -1.60. The van der Waals surface area contributed by atoms with Crippen LogP contribution >= 0.6 is 0 Å². The molecule has 2 saturated heterocycles. The summed E-state index contributed by atoms with van der Waals surface area (Å²) in [4.78, 5) is 15.2. The summed E-state index contributed by atoms with van der Waals surface area (Å²) in [6.07, 6.45) is 1.88. The molecule has 0 saturated carbocycles. The summed E-state index contributed by atoms with van der Waals surface area (Å²) < 4.78 is 25.7. The highest BCUT2D eigenvalue weighted by Gasteiger charge is 2.33. The van der Waals surface area contributed by atoms with Crippen molar-refractivity contribution in [1.82, 2.24) is 10.2 Å². The molecule has 2 heterocycles. The van der Waals surface area contributed by atoms with Crippen LogP contribution in [0.25, 0.3) is 0 Å². The van der Waals surface area contributed by atoms with Gasteiger partial charge in [0.05, 0.1) is 11.4 Å². The molecule has 2 atom stereocenters. The highest BCUT2D eigenvalue weighted by molar-refractivity contribution is 7.93. The molecule has 1 aromatic carbocycles. The number of nitrogens with one attached hydrogen (secondary N) is 1. The molecule has 0 aromatic heterocycles. The Morgan fingerprint density at radius 1 is 1.21 bits per heavy atom. The third-order valence-electron chi connectivity index (χ3n) is 5.90. The van der Waals surface area contributed by atoms with Gasteiger partial charge < -0.3 is 5.32 Å². The van der Waals surface area contributed by atoms with E-state index < -0.39 is 10.0 Å². The molecular formula is C21H33N3O3S. The first kappa shape index (κ1) is 21.1. The summed E-state index contributed by atoms with van der Waals surface area (Å²) in [6.45, 7) is 12.1. The fraction of sp³-hybridized carbons (Fsp3) is 0.667. The average Bonchev–Trinajstić information content (AvgIpc) is 2.98. The van der Waals surface area contributed by atoms with Crippen LogP contribution in [0.3, 0.4) is 0 Å². The van der Waals surface area contributed by atoms with Gasteiger partial charge in [0.2, 0.25) is 10.0 Å². The molecule has 6 nitrogen and oxygen atoms in total. The van der Waals surface area contributed by atoms with Crippen molar-refractivity contribution in [2.24, 2.45) is 11.8 Å². The minimum Gasteiger partial charge on any atom is -0.350 e. The monoisotopic (exact) mass is 407 g/mol. The second-order valence-electron chi connectivity index (χ2n) is 9.14. The normalized spacial score (nSPS) is 25.6. The van der Waals surface area contributed by atoms with E-state index in [0.717, 1.165) is 13.1 Å². The number of hydrogen-bond donors (Lipinski definition) is 1. The number of carbonyl (C=O) groups excluding carboxylic acids is 1. The Morgan fingerprint density at radius 3 is 2.50 bits per heavy atom. The van der Waals surface area contributed by atoms with E-state index in [-0.39, 0.29) is 17.2 Å². The van der Waals surface area contributed by atoms with Gasteiger partial charge in [-0.05, 0) is 56.7 Å². The molecule has 1 aromatic rings. The summed E-state index contributed by atoms with van der Waals surface area (Å²) in [5, 5.41) is 3.06. The fourth-order valence-corrected chi connectivity index (χ4v) is 5.96. The molecule has 0 spiro atoms. The maximum atomic E-state index is 12.7. The van der Waals surface area contributed by atoms with Crippen LogP contribution in [0.1, 0.15) is 50.9 Å². The number of nitrogens with zero attached hydrogens (tertiary/aromatic N) is 2. The molecule has 1 amide bonds. The summed E-state index contributed by atoms with van der Waals surface area (Å²) in [5.41, 5.74) is 0.938. The molecule has 0 aliphatic carbocycles. The van der Waals surface area contributed by atoms with E-state index in [9.17, 15) is 13.2 Å². The number of rotatable bonds is 5. The van der Waals surface area contributed by atoms with Crippen molar-refractivity contribution in [2.45, 2.75) is 46.1 Å². The molecule has 3 rings (SSSR count). The first-order valence-electron chi connectivity index (χ1n) is 10.2. The van der Waals surface area contributed by atoms with Gasteiger partial charge in [0.25, 0.3) is 5.91 Å². The van der Waals surface area contributed by atoms with Crippen LogP contribution in [0.5, 0.6) is 0 Å². The van der Waals surface area contributed by atoms with E-state index in [1.54, 1.807) is 24.3 Å². The number of amides is 1. The molecule has 0 radical (unpaired) electrons. The molecular weight excluding hydrogens is 374 g/mol. The number of hydrogen-bond acceptors (Lipinski definition) is 4. The van der Waals surface area contributed by atoms with Crippen LogP contribution in [0, 0.1) is 11.8 Å². The quantitative estimate of drug-likeness (QED) is 0.815. The number of benzene rings is 1. The maximum absolute atomic E-state index is 12.7. The summed E-state index contributed by atoms with van der Waals surface area (Å²) in [5.74, 6) is 1.34. The standard InChI is InChI=1S/C21H33N3O3S/c1-16-11-17(2)14-23(13-16)21(3,4)15-22-20(25)18-7-5-8-19(12-18)24-9-6-10-28(24,26)27/h5,7-8,12,16-17H,6,9-11,13-15H2,1-4H3,(H,22,25). The Morgan fingerprint density at radius 2 is 1.89 bits per heavy atom. The molecule has 2 aliphatic heterocycles. The van der Waals surface area contributed by atoms with Crippen molar-refractivity contribution in [1.29, 1.82) is 0 Å². The zero-order valence-corrected chi connectivity index (χ0v) is 18.3. The lowest BCUT2D eigenvalue weighted by Gasteiger charge is -2.45. The van der Waals surface area contributed by atoms with E-state index in [1.807, 2.05) is 0 Å². The SMILES string of the molecule is CC1CC(C)CN(C(C)(C)CNC(=O)c2cccc(N3CCCS3(=O)=O)c2)C1. The molecule has 28 heavy (non-hydrogen) atoms. The summed E-state index contributed by atoms with van der Waals surface area (Å²) in [6, 6.07) is 6.91. The third kappa shape index (κ3) is 4.69. The number of carbonyl (C=O) groups is 1. The van der Waals surface area contributed by atoms with Crippen molar-refractivity contribution >= 4 is 21.6 Å². The van der Waals surface area contributed by atoms with Crippen molar-refractivity contribution in [3.63, 3.8) is 0 Å². The molecule has 2 aliphatic rings. The molecule has 1 N–H and O–H groups in total. The van der Waals surface area contributed by atoms with Crippen LogP contribution in [0.4, 0.5) is 5.69 Å². The Bertz CT molecular complexity index is 812. The lowest BCUT2D eigenvalue weighted by molar-refractivity contribution is 0.0445. The first-order valence-corrected chi connectivity index (χ1v) is 11.8. The second kappa shape index (κ2) is 8.03. The molecule has 2 fully saturated rings. The fourth-order valence-electron chi connectivity index (χ4n) is 4.40. The topological polar surface area (TPSA) is 69.7 Å². The smallest absolute Gasteiger partial charge is 0.251 e. The predicted octanol–water partition coefficient (Wildman–Crippen LogP) is 2.71. The number of sulfonamides is 1. The maximum Gasteiger partial charge on any atom is 0.251 e. The molecule has 2 unspecified atom stereocenters. The minimum absolute atomic E-state index is 0.130. The van der Waals surface area contributed by atoms with Crippen LogP contribution in [0.2, 0.25) is 0 Å². The van der Waals surface area contributed by atoms with Crippen LogP contribution in [-0.2, 0) is 10.0 Å². The van der Waals surface area contributed by atoms with Crippen molar-refractivity contribution in [3.05, 3.63) is 29.8 Å². The number of anilines is 1. The van der Waals surface area contributed by atoms with Gasteiger partial charge in [-0.15, -0.1) is 0 Å².